The third kappa shape index (κ3) is 13.0. The second-order valence-corrected chi connectivity index (χ2v) is 14.9. The van der Waals surface area contributed by atoms with Crippen molar-refractivity contribution < 1.29 is 33.4 Å². The van der Waals surface area contributed by atoms with Gasteiger partial charge in [-0.25, -0.2) is 4.79 Å². The average Bonchev–Trinajstić information content (AvgIpc) is 3.20. The monoisotopic (exact) mass is 771 g/mol. The molecule has 12 heteroatoms. The molecule has 4 rings (SSSR count). The fourth-order valence-corrected chi connectivity index (χ4v) is 7.87. The first-order valence-electron chi connectivity index (χ1n) is 17.9. The Morgan fingerprint density at radius 1 is 0.667 bits per heavy atom. The minimum absolute atomic E-state index is 0.0156. The fraction of sp³-hybridized carbons (Fsp3) is 0.333. The first-order chi connectivity index (χ1) is 26.2. The standard InChI is InChI=1S/C42H49N3O7S2/c1-4-51-38(46)25-43-39(47)37(29-54-42(33-19-11-6-12-20-33,34-21-13-7-14-22-34)35-23-15-8-16-24-35)44-40(48)36(28-53-30-50-26-31(2)3)45-41(49)52-27-32-17-9-5-10-18-32/h5-24,31,36-37H,4,25-30H2,1-3H3,(H,43,47)(H,44,48)(H,45,49). The van der Waals surface area contributed by atoms with Gasteiger partial charge in [-0.3, -0.25) is 14.4 Å². The molecule has 0 aromatic heterocycles. The number of alkyl carbamates (subject to hydrolysis) is 1. The molecule has 0 aliphatic rings. The van der Waals surface area contributed by atoms with Gasteiger partial charge in [0.05, 0.1) is 17.3 Å². The molecule has 3 amide bonds. The van der Waals surface area contributed by atoms with Gasteiger partial charge in [-0.05, 0) is 35.1 Å². The molecule has 0 bridgehead atoms. The van der Waals surface area contributed by atoms with Crippen molar-refractivity contribution in [3.63, 3.8) is 0 Å². The maximum Gasteiger partial charge on any atom is 0.408 e. The van der Waals surface area contributed by atoms with Crippen LogP contribution in [0.25, 0.3) is 0 Å². The molecule has 286 valence electrons. The summed E-state index contributed by atoms with van der Waals surface area (Å²) in [5, 5.41) is 8.21. The van der Waals surface area contributed by atoms with Crippen LogP contribution < -0.4 is 16.0 Å². The lowest BCUT2D eigenvalue weighted by atomic mass is 9.84. The van der Waals surface area contributed by atoms with E-state index in [0.717, 1.165) is 22.3 Å². The lowest BCUT2D eigenvalue weighted by Gasteiger charge is -2.36. The Bertz CT molecular complexity index is 1640. The lowest BCUT2D eigenvalue weighted by molar-refractivity contribution is -0.143. The van der Waals surface area contributed by atoms with Crippen molar-refractivity contribution in [2.24, 2.45) is 5.92 Å². The molecule has 0 fully saturated rings. The maximum absolute atomic E-state index is 14.1. The van der Waals surface area contributed by atoms with Gasteiger partial charge >= 0.3 is 12.1 Å². The van der Waals surface area contributed by atoms with E-state index in [2.05, 4.69) is 16.0 Å². The first kappa shape index (κ1) is 42.0. The molecule has 2 atom stereocenters. The number of esters is 1. The van der Waals surface area contributed by atoms with Crippen molar-refractivity contribution in [1.29, 1.82) is 0 Å². The number of benzene rings is 4. The van der Waals surface area contributed by atoms with Gasteiger partial charge in [0.25, 0.3) is 0 Å². The Kier molecular flexibility index (Phi) is 17.4. The van der Waals surface area contributed by atoms with Crippen LogP contribution in [0.3, 0.4) is 0 Å². The van der Waals surface area contributed by atoms with Crippen LogP contribution in [0.4, 0.5) is 4.79 Å². The van der Waals surface area contributed by atoms with Gasteiger partial charge in [-0.1, -0.05) is 135 Å². The van der Waals surface area contributed by atoms with Crippen molar-refractivity contribution in [1.82, 2.24) is 16.0 Å². The van der Waals surface area contributed by atoms with E-state index < -0.39 is 40.7 Å². The van der Waals surface area contributed by atoms with Crippen LogP contribution in [0.15, 0.2) is 121 Å². The van der Waals surface area contributed by atoms with Crippen LogP contribution in [-0.2, 0) is 39.9 Å². The van der Waals surface area contributed by atoms with E-state index >= 15 is 0 Å². The fourth-order valence-electron chi connectivity index (χ4n) is 5.53. The number of rotatable bonds is 21. The Labute approximate surface area is 326 Å². The molecule has 0 radical (unpaired) electrons. The summed E-state index contributed by atoms with van der Waals surface area (Å²) in [5.74, 6) is -0.900. The molecule has 0 saturated carbocycles. The number of ether oxygens (including phenoxy) is 3. The van der Waals surface area contributed by atoms with Crippen molar-refractivity contribution in [2.45, 2.75) is 44.2 Å². The summed E-state index contributed by atoms with van der Waals surface area (Å²) in [6, 6.07) is 36.9. The van der Waals surface area contributed by atoms with Crippen molar-refractivity contribution in [2.75, 3.05) is 37.2 Å². The topological polar surface area (TPSA) is 132 Å². The quantitative estimate of drug-likeness (QED) is 0.0375. The van der Waals surface area contributed by atoms with Crippen LogP contribution >= 0.6 is 23.5 Å². The number of carbonyl (C=O) groups excluding carboxylic acids is 4. The average molecular weight is 772 g/mol. The molecular weight excluding hydrogens is 723 g/mol. The predicted octanol–water partition coefficient (Wildman–Crippen LogP) is 6.53. The molecule has 4 aromatic rings. The SMILES string of the molecule is CCOC(=O)CNC(=O)C(CSC(c1ccccc1)(c1ccccc1)c1ccccc1)NC(=O)C(CSCOCC(C)C)NC(=O)OCc1ccccc1. The summed E-state index contributed by atoms with van der Waals surface area (Å²) in [6.45, 7) is 6.10. The molecular formula is C42H49N3O7S2. The van der Waals surface area contributed by atoms with Gasteiger partial charge in [0, 0.05) is 18.1 Å². The van der Waals surface area contributed by atoms with Crippen LogP contribution in [0.1, 0.15) is 43.0 Å². The number of hydrogen-bond acceptors (Lipinski definition) is 9. The predicted molar refractivity (Wildman–Crippen MR) is 215 cm³/mol. The molecule has 4 aromatic carbocycles. The first-order valence-corrected chi connectivity index (χ1v) is 20.0. The highest BCUT2D eigenvalue weighted by Crippen LogP contribution is 2.48. The molecule has 0 heterocycles. The number of thioether (sulfide) groups is 2. The molecule has 2 unspecified atom stereocenters. The van der Waals surface area contributed by atoms with E-state index in [1.807, 2.05) is 135 Å². The minimum atomic E-state index is -1.13. The highest BCUT2D eigenvalue weighted by molar-refractivity contribution is 8.00. The second kappa shape index (κ2) is 22.4. The lowest BCUT2D eigenvalue weighted by Crippen LogP contribution is -2.56. The summed E-state index contributed by atoms with van der Waals surface area (Å²) in [6.07, 6.45) is -0.781. The molecule has 0 saturated heterocycles. The number of amides is 3. The van der Waals surface area contributed by atoms with Crippen LogP contribution in [0.2, 0.25) is 0 Å². The third-order valence-corrected chi connectivity index (χ3v) is 10.6. The van der Waals surface area contributed by atoms with Crippen molar-refractivity contribution in [3.05, 3.63) is 144 Å². The Balaban J connectivity index is 1.63. The number of nitrogens with one attached hydrogen (secondary N) is 3. The second-order valence-electron chi connectivity index (χ2n) is 12.7. The zero-order valence-electron chi connectivity index (χ0n) is 30.9. The van der Waals surface area contributed by atoms with E-state index in [0.29, 0.717) is 18.5 Å². The smallest absolute Gasteiger partial charge is 0.408 e. The van der Waals surface area contributed by atoms with Gasteiger partial charge in [0.15, 0.2) is 0 Å². The van der Waals surface area contributed by atoms with E-state index in [1.54, 1.807) is 6.92 Å². The number of hydrogen-bond donors (Lipinski definition) is 3. The highest BCUT2D eigenvalue weighted by atomic mass is 32.2. The van der Waals surface area contributed by atoms with Crippen molar-refractivity contribution >= 4 is 47.4 Å². The molecule has 0 aliphatic heterocycles. The summed E-state index contributed by atoms with van der Waals surface area (Å²) < 4.78 is 15.4. The number of carbonyl (C=O) groups is 4. The molecule has 3 N–H and O–H groups in total. The van der Waals surface area contributed by atoms with Gasteiger partial charge in [-0.2, -0.15) is 0 Å². The van der Waals surface area contributed by atoms with Gasteiger partial charge in [-0.15, -0.1) is 23.5 Å². The van der Waals surface area contributed by atoms with Gasteiger partial charge < -0.3 is 30.2 Å². The maximum atomic E-state index is 14.1. The zero-order valence-corrected chi connectivity index (χ0v) is 32.5. The zero-order chi connectivity index (χ0) is 38.6. The summed E-state index contributed by atoms with van der Waals surface area (Å²) in [7, 11) is 0. The Morgan fingerprint density at radius 2 is 1.19 bits per heavy atom. The van der Waals surface area contributed by atoms with E-state index in [-0.39, 0.29) is 31.3 Å². The van der Waals surface area contributed by atoms with Gasteiger partial charge in [0.1, 0.15) is 25.2 Å². The Morgan fingerprint density at radius 3 is 1.70 bits per heavy atom. The largest absolute Gasteiger partial charge is 0.465 e. The highest BCUT2D eigenvalue weighted by Gasteiger charge is 2.39. The van der Waals surface area contributed by atoms with E-state index in [1.165, 1.54) is 23.5 Å². The van der Waals surface area contributed by atoms with Gasteiger partial charge in [0.2, 0.25) is 11.8 Å². The Hall–Kier alpha value is -4.78. The minimum Gasteiger partial charge on any atom is -0.465 e. The molecule has 54 heavy (non-hydrogen) atoms. The molecule has 10 nitrogen and oxygen atoms in total. The van der Waals surface area contributed by atoms with E-state index in [9.17, 15) is 19.2 Å². The third-order valence-electron chi connectivity index (χ3n) is 8.08. The summed E-state index contributed by atoms with van der Waals surface area (Å²) in [5.41, 5.74) is 3.72. The van der Waals surface area contributed by atoms with Crippen molar-refractivity contribution in [3.8, 4) is 0 Å². The molecule has 0 aliphatic carbocycles. The summed E-state index contributed by atoms with van der Waals surface area (Å²) >= 11 is 2.81. The van der Waals surface area contributed by atoms with Crippen LogP contribution in [-0.4, -0.2) is 73.2 Å². The van der Waals surface area contributed by atoms with Crippen LogP contribution in [0.5, 0.6) is 0 Å². The van der Waals surface area contributed by atoms with Crippen LogP contribution in [0, 0.1) is 5.92 Å². The summed E-state index contributed by atoms with van der Waals surface area (Å²) in [4.78, 5) is 53.3. The normalized spacial score (nSPS) is 12.3. The molecule has 0 spiro atoms. The van der Waals surface area contributed by atoms with E-state index in [4.69, 9.17) is 14.2 Å².